The zero-order chi connectivity index (χ0) is 19.3. The quantitative estimate of drug-likeness (QED) is 0.693. The summed E-state index contributed by atoms with van der Waals surface area (Å²) < 4.78 is 7.48. The van der Waals surface area contributed by atoms with E-state index in [-0.39, 0.29) is 5.91 Å². The van der Waals surface area contributed by atoms with Crippen LogP contribution >= 0.6 is 11.8 Å². The molecular formula is C21H24N4O2S. The molecule has 1 saturated heterocycles. The highest BCUT2D eigenvalue weighted by Crippen LogP contribution is 2.34. The summed E-state index contributed by atoms with van der Waals surface area (Å²) >= 11 is 1.50. The first kappa shape index (κ1) is 18.8. The minimum absolute atomic E-state index is 0.0319. The SMILES string of the molecule is CSCC(=O)Nc1nn(Cc2ccccc2)c2cccc(N3CCOCC3)c12. The molecule has 0 radical (unpaired) electrons. The molecule has 28 heavy (non-hydrogen) atoms. The van der Waals surface area contributed by atoms with Crippen molar-refractivity contribution in [3.63, 3.8) is 0 Å². The zero-order valence-electron chi connectivity index (χ0n) is 15.9. The number of aromatic nitrogens is 2. The largest absolute Gasteiger partial charge is 0.378 e. The first-order valence-corrected chi connectivity index (χ1v) is 10.8. The maximum Gasteiger partial charge on any atom is 0.235 e. The molecule has 1 aromatic heterocycles. The van der Waals surface area contributed by atoms with E-state index in [9.17, 15) is 4.79 Å². The molecule has 3 aromatic rings. The second-order valence-corrected chi connectivity index (χ2v) is 7.61. The maximum absolute atomic E-state index is 12.3. The molecule has 1 amide bonds. The van der Waals surface area contributed by atoms with E-state index >= 15 is 0 Å². The van der Waals surface area contributed by atoms with Gasteiger partial charge in [-0.1, -0.05) is 36.4 Å². The van der Waals surface area contributed by atoms with Gasteiger partial charge in [-0.3, -0.25) is 9.48 Å². The lowest BCUT2D eigenvalue weighted by molar-refractivity contribution is -0.113. The molecule has 4 rings (SSSR count). The molecule has 0 unspecified atom stereocenters. The highest BCUT2D eigenvalue weighted by Gasteiger charge is 2.21. The van der Waals surface area contributed by atoms with Crippen LogP contribution in [0.3, 0.4) is 0 Å². The third-order valence-electron chi connectivity index (χ3n) is 4.82. The fraction of sp³-hybridized carbons (Fsp3) is 0.333. The number of amides is 1. The number of nitrogens with one attached hydrogen (secondary N) is 1. The molecule has 0 aliphatic carbocycles. The number of fused-ring (bicyclic) bond motifs is 1. The van der Waals surface area contributed by atoms with E-state index in [0.29, 0.717) is 31.3 Å². The van der Waals surface area contributed by atoms with Crippen molar-refractivity contribution in [1.29, 1.82) is 0 Å². The van der Waals surface area contributed by atoms with Gasteiger partial charge in [0, 0.05) is 13.1 Å². The Balaban J connectivity index is 1.78. The van der Waals surface area contributed by atoms with Crippen LogP contribution in [0.2, 0.25) is 0 Å². The molecular weight excluding hydrogens is 372 g/mol. The Morgan fingerprint density at radius 2 is 1.93 bits per heavy atom. The molecule has 0 bridgehead atoms. The molecule has 6 nitrogen and oxygen atoms in total. The van der Waals surface area contributed by atoms with Crippen molar-refractivity contribution >= 4 is 40.1 Å². The number of benzene rings is 2. The number of hydrogen-bond donors (Lipinski definition) is 1. The van der Waals surface area contributed by atoms with Gasteiger partial charge in [-0.15, -0.1) is 0 Å². The minimum Gasteiger partial charge on any atom is -0.378 e. The first-order valence-electron chi connectivity index (χ1n) is 9.41. The number of carbonyl (C=O) groups is 1. The molecule has 1 N–H and O–H groups in total. The van der Waals surface area contributed by atoms with Gasteiger partial charge in [-0.2, -0.15) is 16.9 Å². The van der Waals surface area contributed by atoms with E-state index in [1.54, 1.807) is 0 Å². The Kier molecular flexibility index (Phi) is 5.83. The van der Waals surface area contributed by atoms with Crippen molar-refractivity contribution in [1.82, 2.24) is 9.78 Å². The van der Waals surface area contributed by atoms with Crippen molar-refractivity contribution in [2.45, 2.75) is 6.54 Å². The molecule has 2 heterocycles. The number of nitrogens with zero attached hydrogens (tertiary/aromatic N) is 3. The molecule has 1 aliphatic heterocycles. The summed E-state index contributed by atoms with van der Waals surface area (Å²) in [6.07, 6.45) is 1.92. The predicted octanol–water partition coefficient (Wildman–Crippen LogP) is 3.22. The lowest BCUT2D eigenvalue weighted by Crippen LogP contribution is -2.36. The van der Waals surface area contributed by atoms with Crippen LogP contribution in [0.5, 0.6) is 0 Å². The Bertz CT molecular complexity index is 952. The molecule has 0 saturated carbocycles. The summed E-state index contributed by atoms with van der Waals surface area (Å²) in [5.41, 5.74) is 3.29. The maximum atomic E-state index is 12.3. The predicted molar refractivity (Wildman–Crippen MR) is 115 cm³/mol. The van der Waals surface area contributed by atoms with Crippen LogP contribution in [0.4, 0.5) is 11.5 Å². The van der Waals surface area contributed by atoms with Crippen molar-refractivity contribution in [2.24, 2.45) is 0 Å². The number of morpholine rings is 1. The first-order chi connectivity index (χ1) is 13.8. The number of carbonyl (C=O) groups excluding carboxylic acids is 1. The van der Waals surface area contributed by atoms with Gasteiger partial charge in [0.1, 0.15) is 0 Å². The van der Waals surface area contributed by atoms with Gasteiger partial charge in [0.15, 0.2) is 5.82 Å². The van der Waals surface area contributed by atoms with E-state index in [2.05, 4.69) is 40.5 Å². The summed E-state index contributed by atoms with van der Waals surface area (Å²) in [4.78, 5) is 14.6. The highest BCUT2D eigenvalue weighted by molar-refractivity contribution is 7.99. The lowest BCUT2D eigenvalue weighted by Gasteiger charge is -2.29. The van der Waals surface area contributed by atoms with E-state index in [0.717, 1.165) is 29.7 Å². The van der Waals surface area contributed by atoms with Gasteiger partial charge in [-0.05, 0) is 24.0 Å². The Labute approximate surface area is 168 Å². The number of thioether (sulfide) groups is 1. The average Bonchev–Trinajstić information content (AvgIpc) is 3.07. The molecule has 1 fully saturated rings. The molecule has 0 spiro atoms. The number of anilines is 2. The fourth-order valence-corrected chi connectivity index (χ4v) is 3.88. The van der Waals surface area contributed by atoms with Crippen molar-refractivity contribution in [3.05, 3.63) is 54.1 Å². The summed E-state index contributed by atoms with van der Waals surface area (Å²) in [5.74, 6) is 1.01. The van der Waals surface area contributed by atoms with Crippen molar-refractivity contribution in [3.8, 4) is 0 Å². The Hall–Kier alpha value is -2.51. The van der Waals surface area contributed by atoms with Crippen LogP contribution < -0.4 is 10.2 Å². The zero-order valence-corrected chi connectivity index (χ0v) is 16.7. The summed E-state index contributed by atoms with van der Waals surface area (Å²) in [6, 6.07) is 16.5. The van der Waals surface area contributed by atoms with E-state index < -0.39 is 0 Å². The van der Waals surface area contributed by atoms with Crippen molar-refractivity contribution < 1.29 is 9.53 Å². The molecule has 0 atom stereocenters. The van der Waals surface area contributed by atoms with Crippen molar-refractivity contribution in [2.75, 3.05) is 48.5 Å². The summed E-state index contributed by atoms with van der Waals surface area (Å²) in [6.45, 7) is 3.75. The second-order valence-electron chi connectivity index (χ2n) is 6.74. The summed E-state index contributed by atoms with van der Waals surface area (Å²) in [5, 5.41) is 8.80. The van der Waals surface area contributed by atoms with E-state index in [1.807, 2.05) is 29.1 Å². The number of rotatable bonds is 6. The van der Waals surface area contributed by atoms with Crippen LogP contribution in [0, 0.1) is 0 Å². The smallest absolute Gasteiger partial charge is 0.235 e. The minimum atomic E-state index is -0.0319. The third-order valence-corrected chi connectivity index (χ3v) is 5.37. The van der Waals surface area contributed by atoms with Gasteiger partial charge in [0.25, 0.3) is 0 Å². The van der Waals surface area contributed by atoms with E-state index in [1.165, 1.54) is 17.3 Å². The Morgan fingerprint density at radius 1 is 1.14 bits per heavy atom. The molecule has 7 heteroatoms. The van der Waals surface area contributed by atoms with Gasteiger partial charge >= 0.3 is 0 Å². The normalized spacial score (nSPS) is 14.4. The van der Waals surface area contributed by atoms with Crippen LogP contribution in [-0.2, 0) is 16.1 Å². The highest BCUT2D eigenvalue weighted by atomic mass is 32.2. The third kappa shape index (κ3) is 4.00. The molecule has 2 aromatic carbocycles. The standard InChI is InChI=1S/C21H24N4O2S/c1-28-15-19(26)22-21-20-17(24-10-12-27-13-11-24)8-5-9-18(20)25(23-21)14-16-6-3-2-4-7-16/h2-9H,10-15H2,1H3,(H,22,23,26). The van der Waals surface area contributed by atoms with Crippen LogP contribution in [0.1, 0.15) is 5.56 Å². The van der Waals surface area contributed by atoms with Gasteiger partial charge in [0.2, 0.25) is 5.91 Å². The van der Waals surface area contributed by atoms with Crippen LogP contribution in [-0.4, -0.2) is 54.0 Å². The van der Waals surface area contributed by atoms with Crippen LogP contribution in [0.25, 0.3) is 10.9 Å². The van der Waals surface area contributed by atoms with Gasteiger partial charge < -0.3 is 15.0 Å². The lowest BCUT2D eigenvalue weighted by atomic mass is 10.1. The number of hydrogen-bond acceptors (Lipinski definition) is 5. The molecule has 1 aliphatic rings. The summed E-state index contributed by atoms with van der Waals surface area (Å²) in [7, 11) is 0. The van der Waals surface area contributed by atoms with E-state index in [4.69, 9.17) is 9.84 Å². The average molecular weight is 397 g/mol. The molecule has 146 valence electrons. The van der Waals surface area contributed by atoms with Gasteiger partial charge in [-0.25, -0.2) is 0 Å². The van der Waals surface area contributed by atoms with Gasteiger partial charge in [0.05, 0.1) is 42.1 Å². The fourth-order valence-electron chi connectivity index (χ4n) is 3.54. The second kappa shape index (κ2) is 8.67. The number of ether oxygens (including phenoxy) is 1. The van der Waals surface area contributed by atoms with Crippen LogP contribution in [0.15, 0.2) is 48.5 Å². The Morgan fingerprint density at radius 3 is 2.68 bits per heavy atom. The topological polar surface area (TPSA) is 59.4 Å². The monoisotopic (exact) mass is 396 g/mol.